The zero-order valence-corrected chi connectivity index (χ0v) is 12.9. The zero-order valence-electron chi connectivity index (χ0n) is 12.1. The molecule has 21 heavy (non-hydrogen) atoms. The van der Waals surface area contributed by atoms with Gasteiger partial charge in [0.15, 0.2) is 0 Å². The molecule has 1 heterocycles. The molecule has 0 saturated heterocycles. The fourth-order valence-electron chi connectivity index (χ4n) is 2.02. The Labute approximate surface area is 129 Å². The van der Waals surface area contributed by atoms with Gasteiger partial charge in [0.1, 0.15) is 11.5 Å². The molecule has 0 N–H and O–H groups in total. The van der Waals surface area contributed by atoms with Gasteiger partial charge in [-0.05, 0) is 31.2 Å². The molecule has 1 aromatic heterocycles. The van der Waals surface area contributed by atoms with Crippen molar-refractivity contribution in [1.29, 1.82) is 0 Å². The number of benzene rings is 1. The van der Waals surface area contributed by atoms with Crippen molar-refractivity contribution in [2.75, 3.05) is 20.3 Å². The Balaban J connectivity index is 2.18. The van der Waals surface area contributed by atoms with E-state index in [9.17, 15) is 4.79 Å². The number of hydrogen-bond donors (Lipinski definition) is 0. The number of furan rings is 1. The lowest BCUT2D eigenvalue weighted by Gasteiger charge is -2.22. The Hall–Kier alpha value is -1.78. The van der Waals surface area contributed by atoms with E-state index >= 15 is 0 Å². The smallest absolute Gasteiger partial charge is 0.255 e. The van der Waals surface area contributed by atoms with Gasteiger partial charge in [-0.2, -0.15) is 0 Å². The van der Waals surface area contributed by atoms with E-state index in [-0.39, 0.29) is 5.91 Å². The van der Waals surface area contributed by atoms with Gasteiger partial charge in [0.05, 0.1) is 23.7 Å². The van der Waals surface area contributed by atoms with Gasteiger partial charge in [-0.1, -0.05) is 23.7 Å². The minimum absolute atomic E-state index is 0.133. The van der Waals surface area contributed by atoms with Gasteiger partial charge >= 0.3 is 0 Å². The molecular formula is C16H18ClNO3. The number of amides is 1. The number of carbonyl (C=O) groups is 1. The van der Waals surface area contributed by atoms with Crippen LogP contribution in [0.4, 0.5) is 0 Å². The largest absolute Gasteiger partial charge is 0.464 e. The second kappa shape index (κ2) is 7.29. The Morgan fingerprint density at radius 3 is 2.67 bits per heavy atom. The fraction of sp³-hybridized carbons (Fsp3) is 0.312. The lowest BCUT2D eigenvalue weighted by atomic mass is 10.2. The standard InChI is InChI=1S/C16H18ClNO3/c1-12-7-8-13(21-12)11-18(9-10-20-2)16(19)14-5-3-4-6-15(14)17/h3-8H,9-11H2,1-2H3. The van der Waals surface area contributed by atoms with E-state index in [1.807, 2.05) is 19.1 Å². The van der Waals surface area contributed by atoms with E-state index in [1.54, 1.807) is 36.3 Å². The van der Waals surface area contributed by atoms with E-state index in [1.165, 1.54) is 0 Å². The Morgan fingerprint density at radius 2 is 2.05 bits per heavy atom. The van der Waals surface area contributed by atoms with Crippen molar-refractivity contribution in [2.45, 2.75) is 13.5 Å². The normalized spacial score (nSPS) is 10.6. The first kappa shape index (κ1) is 15.6. The summed E-state index contributed by atoms with van der Waals surface area (Å²) in [5.74, 6) is 1.43. The predicted octanol–water partition coefficient (Wildman–Crippen LogP) is 3.53. The highest BCUT2D eigenvalue weighted by Gasteiger charge is 2.19. The molecule has 0 radical (unpaired) electrons. The first-order valence-electron chi connectivity index (χ1n) is 6.70. The van der Waals surface area contributed by atoms with Crippen LogP contribution in [0.25, 0.3) is 0 Å². The van der Waals surface area contributed by atoms with Gasteiger partial charge in [0.25, 0.3) is 5.91 Å². The lowest BCUT2D eigenvalue weighted by Crippen LogP contribution is -2.33. The van der Waals surface area contributed by atoms with Gasteiger partial charge in [0.2, 0.25) is 0 Å². The van der Waals surface area contributed by atoms with E-state index < -0.39 is 0 Å². The van der Waals surface area contributed by atoms with Gasteiger partial charge in [0, 0.05) is 13.7 Å². The van der Waals surface area contributed by atoms with Crippen LogP contribution in [0.15, 0.2) is 40.8 Å². The van der Waals surface area contributed by atoms with Crippen molar-refractivity contribution >= 4 is 17.5 Å². The molecular weight excluding hydrogens is 290 g/mol. The summed E-state index contributed by atoms with van der Waals surface area (Å²) in [4.78, 5) is 14.3. The lowest BCUT2D eigenvalue weighted by molar-refractivity contribution is 0.0666. The number of hydrogen-bond acceptors (Lipinski definition) is 3. The van der Waals surface area contributed by atoms with E-state index in [0.717, 1.165) is 11.5 Å². The number of nitrogens with zero attached hydrogens (tertiary/aromatic N) is 1. The van der Waals surface area contributed by atoms with Crippen LogP contribution in [0.3, 0.4) is 0 Å². The second-order valence-corrected chi connectivity index (χ2v) is 5.12. The fourth-order valence-corrected chi connectivity index (χ4v) is 2.23. The van der Waals surface area contributed by atoms with Crippen molar-refractivity contribution in [3.05, 3.63) is 58.5 Å². The van der Waals surface area contributed by atoms with E-state index in [4.69, 9.17) is 20.8 Å². The van der Waals surface area contributed by atoms with Gasteiger partial charge < -0.3 is 14.1 Å². The van der Waals surface area contributed by atoms with Gasteiger partial charge in [-0.25, -0.2) is 0 Å². The van der Waals surface area contributed by atoms with Gasteiger partial charge in [-0.15, -0.1) is 0 Å². The summed E-state index contributed by atoms with van der Waals surface area (Å²) in [5, 5.41) is 0.445. The number of aryl methyl sites for hydroxylation is 1. The number of methoxy groups -OCH3 is 1. The molecule has 0 aliphatic heterocycles. The van der Waals surface area contributed by atoms with Crippen LogP contribution in [0, 0.1) is 6.92 Å². The topological polar surface area (TPSA) is 42.7 Å². The van der Waals surface area contributed by atoms with Crippen LogP contribution in [0.1, 0.15) is 21.9 Å². The minimum Gasteiger partial charge on any atom is -0.464 e. The highest BCUT2D eigenvalue weighted by atomic mass is 35.5. The molecule has 0 bridgehead atoms. The Morgan fingerprint density at radius 1 is 1.29 bits per heavy atom. The minimum atomic E-state index is -0.133. The summed E-state index contributed by atoms with van der Waals surface area (Å²) in [6, 6.07) is 10.8. The van der Waals surface area contributed by atoms with Crippen LogP contribution >= 0.6 is 11.6 Å². The van der Waals surface area contributed by atoms with Gasteiger partial charge in [-0.3, -0.25) is 4.79 Å². The van der Waals surface area contributed by atoms with E-state index in [2.05, 4.69) is 0 Å². The Kier molecular flexibility index (Phi) is 5.42. The molecule has 0 aliphatic carbocycles. The van der Waals surface area contributed by atoms with Crippen LogP contribution in [-0.4, -0.2) is 31.1 Å². The highest BCUT2D eigenvalue weighted by Crippen LogP contribution is 2.19. The highest BCUT2D eigenvalue weighted by molar-refractivity contribution is 6.33. The number of carbonyl (C=O) groups excluding carboxylic acids is 1. The average Bonchev–Trinajstić information content (AvgIpc) is 2.88. The molecule has 0 atom stereocenters. The van der Waals surface area contributed by atoms with Crippen molar-refractivity contribution in [1.82, 2.24) is 4.90 Å². The summed E-state index contributed by atoms with van der Waals surface area (Å²) in [6.45, 7) is 3.19. The maximum Gasteiger partial charge on any atom is 0.255 e. The number of ether oxygens (including phenoxy) is 1. The van der Waals surface area contributed by atoms with Crippen molar-refractivity contribution in [3.8, 4) is 0 Å². The molecule has 0 saturated carbocycles. The molecule has 2 aromatic rings. The summed E-state index contributed by atoms with van der Waals surface area (Å²) in [7, 11) is 1.61. The second-order valence-electron chi connectivity index (χ2n) is 4.71. The van der Waals surface area contributed by atoms with Crippen LogP contribution in [0.2, 0.25) is 5.02 Å². The SMILES string of the molecule is COCCN(Cc1ccc(C)o1)C(=O)c1ccccc1Cl. The third-order valence-electron chi connectivity index (χ3n) is 3.10. The molecule has 0 aliphatic rings. The summed E-state index contributed by atoms with van der Waals surface area (Å²) < 4.78 is 10.6. The summed E-state index contributed by atoms with van der Waals surface area (Å²) in [5.41, 5.74) is 0.485. The molecule has 0 unspecified atom stereocenters. The molecule has 1 amide bonds. The van der Waals surface area contributed by atoms with Crippen LogP contribution in [0.5, 0.6) is 0 Å². The molecule has 2 rings (SSSR count). The monoisotopic (exact) mass is 307 g/mol. The van der Waals surface area contributed by atoms with E-state index in [0.29, 0.717) is 30.3 Å². The van der Waals surface area contributed by atoms with Crippen molar-refractivity contribution in [3.63, 3.8) is 0 Å². The average molecular weight is 308 g/mol. The molecule has 0 spiro atoms. The number of halogens is 1. The van der Waals surface area contributed by atoms with Crippen molar-refractivity contribution < 1.29 is 13.9 Å². The van der Waals surface area contributed by atoms with Crippen LogP contribution in [-0.2, 0) is 11.3 Å². The third kappa shape index (κ3) is 4.09. The first-order chi connectivity index (χ1) is 10.1. The molecule has 0 fully saturated rings. The molecule has 5 heteroatoms. The predicted molar refractivity (Wildman–Crippen MR) is 81.5 cm³/mol. The van der Waals surface area contributed by atoms with Crippen LogP contribution < -0.4 is 0 Å². The summed E-state index contributed by atoms with van der Waals surface area (Å²) in [6.07, 6.45) is 0. The summed E-state index contributed by atoms with van der Waals surface area (Å²) >= 11 is 6.10. The molecule has 4 nitrogen and oxygen atoms in total. The van der Waals surface area contributed by atoms with Crippen molar-refractivity contribution in [2.24, 2.45) is 0 Å². The maximum atomic E-state index is 12.6. The maximum absolute atomic E-state index is 12.6. The number of rotatable bonds is 6. The quantitative estimate of drug-likeness (QED) is 0.820. The molecule has 1 aromatic carbocycles. The Bertz CT molecular complexity index is 609. The third-order valence-corrected chi connectivity index (χ3v) is 3.43. The first-order valence-corrected chi connectivity index (χ1v) is 7.07. The zero-order chi connectivity index (χ0) is 15.2. The molecule has 112 valence electrons.